The van der Waals surface area contributed by atoms with E-state index in [9.17, 15) is 4.79 Å². The van der Waals surface area contributed by atoms with Crippen molar-refractivity contribution in [3.63, 3.8) is 0 Å². The number of carbonyl (C=O) groups is 1. The van der Waals surface area contributed by atoms with E-state index in [0.29, 0.717) is 22.8 Å². The lowest BCUT2D eigenvalue weighted by molar-refractivity contribution is 0.0882. The van der Waals surface area contributed by atoms with Gasteiger partial charge in [-0.15, -0.1) is 12.4 Å². The van der Waals surface area contributed by atoms with Gasteiger partial charge in [0.15, 0.2) is 0 Å². The van der Waals surface area contributed by atoms with Gasteiger partial charge in [0.25, 0.3) is 5.91 Å². The molecule has 0 saturated heterocycles. The molecule has 3 N–H and O–H groups in total. The lowest BCUT2D eigenvalue weighted by Crippen LogP contribution is -2.55. The largest absolute Gasteiger partial charge is 0.345 e. The van der Waals surface area contributed by atoms with Crippen molar-refractivity contribution in [1.82, 2.24) is 15.1 Å². The molecule has 1 heterocycles. The molecule has 0 saturated carbocycles. The molecule has 2 aromatic rings. The molecule has 24 heavy (non-hydrogen) atoms. The zero-order chi connectivity index (χ0) is 17.2. The van der Waals surface area contributed by atoms with Gasteiger partial charge in [-0.05, 0) is 44.0 Å². The summed E-state index contributed by atoms with van der Waals surface area (Å²) in [4.78, 5) is 12.6. The number of amides is 1. The Morgan fingerprint density at radius 3 is 2.46 bits per heavy atom. The highest BCUT2D eigenvalue weighted by molar-refractivity contribution is 6.30. The molecule has 7 heteroatoms. The van der Waals surface area contributed by atoms with E-state index in [1.54, 1.807) is 23.0 Å². The predicted molar refractivity (Wildman–Crippen MR) is 100 cm³/mol. The zero-order valence-electron chi connectivity index (χ0n) is 14.3. The Labute approximate surface area is 154 Å². The molecule has 0 spiro atoms. The first-order valence-electron chi connectivity index (χ1n) is 7.61. The Kier molecular flexibility index (Phi) is 6.84. The van der Waals surface area contributed by atoms with Gasteiger partial charge in [0.2, 0.25) is 0 Å². The summed E-state index contributed by atoms with van der Waals surface area (Å²) < 4.78 is 1.68. The van der Waals surface area contributed by atoms with E-state index in [2.05, 4.69) is 10.4 Å². The van der Waals surface area contributed by atoms with E-state index in [0.717, 1.165) is 5.69 Å². The minimum absolute atomic E-state index is 0. The third kappa shape index (κ3) is 4.29. The fraction of sp³-hybridized carbons (Fsp3) is 0.412. The first-order chi connectivity index (χ1) is 10.8. The van der Waals surface area contributed by atoms with Gasteiger partial charge in [-0.3, -0.25) is 4.79 Å². The maximum absolute atomic E-state index is 12.6. The molecule has 0 aliphatic rings. The minimum atomic E-state index is -0.452. The molecule has 0 aliphatic carbocycles. The highest BCUT2D eigenvalue weighted by Gasteiger charge is 2.30. The van der Waals surface area contributed by atoms with Crippen LogP contribution in [0.4, 0.5) is 0 Å². The number of nitrogens with zero attached hydrogens (tertiary/aromatic N) is 2. The molecule has 2 rings (SSSR count). The summed E-state index contributed by atoms with van der Waals surface area (Å²) in [7, 11) is 0. The van der Waals surface area contributed by atoms with Crippen LogP contribution in [0.25, 0.3) is 5.69 Å². The zero-order valence-corrected chi connectivity index (χ0v) is 15.9. The number of hydrogen-bond acceptors (Lipinski definition) is 3. The molecule has 0 aliphatic heterocycles. The van der Waals surface area contributed by atoms with Crippen molar-refractivity contribution in [1.29, 1.82) is 0 Å². The van der Waals surface area contributed by atoms with Crippen molar-refractivity contribution in [2.45, 2.75) is 33.2 Å². The van der Waals surface area contributed by atoms with E-state index in [1.807, 2.05) is 39.8 Å². The molecule has 1 aromatic carbocycles. The SMILES string of the molecule is Cc1nn(-c2ccc(Cl)cc2)cc1C(=O)NC(C)(CN)C(C)C.Cl. The summed E-state index contributed by atoms with van der Waals surface area (Å²) in [6.45, 7) is 8.22. The van der Waals surface area contributed by atoms with Crippen LogP contribution >= 0.6 is 24.0 Å². The van der Waals surface area contributed by atoms with Crippen molar-refractivity contribution in [2.24, 2.45) is 11.7 Å². The number of hydrogen-bond donors (Lipinski definition) is 2. The third-order valence-electron chi connectivity index (χ3n) is 4.33. The third-order valence-corrected chi connectivity index (χ3v) is 4.58. The molecule has 0 bridgehead atoms. The Morgan fingerprint density at radius 1 is 1.38 bits per heavy atom. The summed E-state index contributed by atoms with van der Waals surface area (Å²) in [5.74, 6) is 0.0624. The van der Waals surface area contributed by atoms with Gasteiger partial charge >= 0.3 is 0 Å². The average Bonchev–Trinajstić information content (AvgIpc) is 2.89. The highest BCUT2D eigenvalue weighted by Crippen LogP contribution is 2.18. The van der Waals surface area contributed by atoms with Crippen LogP contribution in [0.2, 0.25) is 5.02 Å². The van der Waals surface area contributed by atoms with Crippen LogP contribution in [-0.2, 0) is 0 Å². The smallest absolute Gasteiger partial charge is 0.255 e. The first kappa shape index (κ1) is 20.5. The Bertz CT molecular complexity index is 697. The number of aryl methyl sites for hydroxylation is 1. The fourth-order valence-corrected chi connectivity index (χ4v) is 2.29. The van der Waals surface area contributed by atoms with Gasteiger partial charge in [0.1, 0.15) is 0 Å². The summed E-state index contributed by atoms with van der Waals surface area (Å²) in [5, 5.41) is 8.11. The average molecular weight is 371 g/mol. The topological polar surface area (TPSA) is 72.9 Å². The van der Waals surface area contributed by atoms with E-state index in [1.165, 1.54) is 0 Å². The second kappa shape index (κ2) is 8.01. The number of halogens is 2. The minimum Gasteiger partial charge on any atom is -0.345 e. The lowest BCUT2D eigenvalue weighted by atomic mass is 9.88. The summed E-state index contributed by atoms with van der Waals surface area (Å²) in [6, 6.07) is 7.29. The number of aromatic nitrogens is 2. The standard InChI is InChI=1S/C17H23ClN4O.ClH/c1-11(2)17(4,10-19)20-16(23)15-9-22(21-12(15)3)14-7-5-13(18)6-8-14;/h5-9,11H,10,19H2,1-4H3,(H,20,23);1H. The molecular weight excluding hydrogens is 347 g/mol. The quantitative estimate of drug-likeness (QED) is 0.847. The van der Waals surface area contributed by atoms with Gasteiger partial charge in [-0.25, -0.2) is 4.68 Å². The van der Waals surface area contributed by atoms with Gasteiger partial charge in [-0.1, -0.05) is 25.4 Å². The monoisotopic (exact) mass is 370 g/mol. The van der Waals surface area contributed by atoms with Crippen molar-refractivity contribution in [3.8, 4) is 5.69 Å². The van der Waals surface area contributed by atoms with Gasteiger partial charge < -0.3 is 11.1 Å². The van der Waals surface area contributed by atoms with Crippen LogP contribution in [0.3, 0.4) is 0 Å². The van der Waals surface area contributed by atoms with Crippen LogP contribution in [0.5, 0.6) is 0 Å². The molecule has 0 fully saturated rings. The number of nitrogens with two attached hydrogens (primary N) is 1. The first-order valence-corrected chi connectivity index (χ1v) is 7.99. The molecule has 1 aromatic heterocycles. The molecule has 132 valence electrons. The molecule has 5 nitrogen and oxygen atoms in total. The number of rotatable bonds is 5. The second-order valence-electron chi connectivity index (χ2n) is 6.28. The molecule has 0 radical (unpaired) electrons. The summed E-state index contributed by atoms with van der Waals surface area (Å²) in [5.41, 5.74) is 7.44. The van der Waals surface area contributed by atoms with Crippen LogP contribution in [-0.4, -0.2) is 27.8 Å². The van der Waals surface area contributed by atoms with Crippen molar-refractivity contribution in [3.05, 3.63) is 46.7 Å². The van der Waals surface area contributed by atoms with E-state index in [4.69, 9.17) is 17.3 Å². The van der Waals surface area contributed by atoms with E-state index in [-0.39, 0.29) is 24.2 Å². The van der Waals surface area contributed by atoms with Gasteiger partial charge in [0.05, 0.1) is 22.5 Å². The second-order valence-corrected chi connectivity index (χ2v) is 6.72. The summed E-state index contributed by atoms with van der Waals surface area (Å²) >= 11 is 5.90. The van der Waals surface area contributed by atoms with Crippen molar-refractivity contribution >= 4 is 29.9 Å². The highest BCUT2D eigenvalue weighted by atomic mass is 35.5. The van der Waals surface area contributed by atoms with E-state index >= 15 is 0 Å². The maximum Gasteiger partial charge on any atom is 0.255 e. The van der Waals surface area contributed by atoms with Crippen LogP contribution in [0, 0.1) is 12.8 Å². The Hall–Kier alpha value is -1.56. The van der Waals surface area contributed by atoms with Crippen molar-refractivity contribution in [2.75, 3.05) is 6.54 Å². The van der Waals surface area contributed by atoms with Gasteiger partial charge in [0, 0.05) is 17.8 Å². The van der Waals surface area contributed by atoms with Crippen LogP contribution in [0.1, 0.15) is 36.8 Å². The lowest BCUT2D eigenvalue weighted by Gasteiger charge is -2.33. The van der Waals surface area contributed by atoms with E-state index < -0.39 is 5.54 Å². The number of benzene rings is 1. The fourth-order valence-electron chi connectivity index (χ4n) is 2.17. The Morgan fingerprint density at radius 2 is 1.96 bits per heavy atom. The summed E-state index contributed by atoms with van der Waals surface area (Å²) in [6.07, 6.45) is 1.73. The molecule has 1 atom stereocenters. The maximum atomic E-state index is 12.6. The molecule has 1 amide bonds. The predicted octanol–water partition coefficient (Wildman–Crippen LogP) is 3.36. The van der Waals surface area contributed by atoms with Crippen molar-refractivity contribution < 1.29 is 4.79 Å². The number of nitrogens with one attached hydrogen (secondary N) is 1. The van der Waals surface area contributed by atoms with Crippen LogP contribution in [0.15, 0.2) is 30.5 Å². The number of carbonyl (C=O) groups excluding carboxylic acids is 1. The molecular formula is C17H24Cl2N4O. The normalized spacial score (nSPS) is 13.3. The van der Waals surface area contributed by atoms with Crippen LogP contribution < -0.4 is 11.1 Å². The van der Waals surface area contributed by atoms with Gasteiger partial charge in [-0.2, -0.15) is 5.10 Å². The molecule has 1 unspecified atom stereocenters. The Balaban J connectivity index is 0.00000288.